The second-order valence-electron chi connectivity index (χ2n) is 7.51. The van der Waals surface area contributed by atoms with Gasteiger partial charge in [-0.2, -0.15) is 0 Å². The highest BCUT2D eigenvalue weighted by molar-refractivity contribution is 7.11. The normalized spacial score (nSPS) is 12.9. The van der Waals surface area contributed by atoms with Crippen LogP contribution in [0.15, 0.2) is 53.5 Å². The molecule has 0 bridgehead atoms. The van der Waals surface area contributed by atoms with Gasteiger partial charge in [0.15, 0.2) is 4.80 Å². The summed E-state index contributed by atoms with van der Waals surface area (Å²) in [5.74, 6) is -0.189. The fourth-order valence-electron chi connectivity index (χ4n) is 3.41. The van der Waals surface area contributed by atoms with Crippen molar-refractivity contribution in [2.75, 3.05) is 6.61 Å². The van der Waals surface area contributed by atoms with Crippen LogP contribution in [0.1, 0.15) is 66.1 Å². The lowest BCUT2D eigenvalue weighted by molar-refractivity contribution is 0.0529. The van der Waals surface area contributed by atoms with Crippen LogP contribution < -0.4 is 4.80 Å². The van der Waals surface area contributed by atoms with Crippen LogP contribution >= 0.6 is 34.5 Å². The van der Waals surface area contributed by atoms with Gasteiger partial charge in [0.1, 0.15) is 4.88 Å². The van der Waals surface area contributed by atoms with Crippen molar-refractivity contribution in [3.63, 3.8) is 0 Å². The van der Waals surface area contributed by atoms with Gasteiger partial charge in [0.2, 0.25) is 0 Å². The lowest BCUT2D eigenvalue weighted by Gasteiger charge is -2.20. The van der Waals surface area contributed by atoms with Crippen molar-refractivity contribution in [2.24, 2.45) is 4.99 Å². The summed E-state index contributed by atoms with van der Waals surface area (Å²) in [6.45, 7) is 8.91. The fraction of sp³-hybridized carbons (Fsp3) is 0.333. The third kappa shape index (κ3) is 5.59. The van der Waals surface area contributed by atoms with Crippen molar-refractivity contribution in [1.29, 1.82) is 0 Å². The van der Waals surface area contributed by atoms with E-state index in [0.29, 0.717) is 28.1 Å². The number of halogens is 2. The highest BCUT2D eigenvalue weighted by Crippen LogP contribution is 2.29. The Hall–Kier alpha value is -2.08. The van der Waals surface area contributed by atoms with Crippen molar-refractivity contribution in [2.45, 2.75) is 46.2 Å². The molecule has 0 fully saturated rings. The number of thiazole rings is 1. The number of carbonyl (C=O) groups excluding carboxylic acids is 1. The maximum Gasteiger partial charge on any atom is 0.350 e. The topological polar surface area (TPSA) is 43.6 Å². The number of aromatic nitrogens is 1. The van der Waals surface area contributed by atoms with Gasteiger partial charge in [0, 0.05) is 15.7 Å². The van der Waals surface area contributed by atoms with Crippen LogP contribution in [-0.2, 0) is 11.3 Å². The summed E-state index contributed by atoms with van der Waals surface area (Å²) >= 11 is 13.5. The van der Waals surface area contributed by atoms with Crippen molar-refractivity contribution < 1.29 is 9.53 Å². The summed E-state index contributed by atoms with van der Waals surface area (Å²) in [6, 6.07) is 15.4. The molecule has 0 saturated carbocycles. The van der Waals surface area contributed by atoms with Gasteiger partial charge in [-0.1, -0.05) is 72.7 Å². The molecule has 0 saturated heterocycles. The van der Waals surface area contributed by atoms with Gasteiger partial charge in [-0.25, -0.2) is 4.79 Å². The van der Waals surface area contributed by atoms with Gasteiger partial charge in [-0.05, 0) is 55.2 Å². The first-order valence-electron chi connectivity index (χ1n) is 10.2. The van der Waals surface area contributed by atoms with Gasteiger partial charge in [0.05, 0.1) is 19.2 Å². The van der Waals surface area contributed by atoms with E-state index in [1.165, 1.54) is 11.3 Å². The maximum absolute atomic E-state index is 12.8. The molecule has 7 heteroatoms. The van der Waals surface area contributed by atoms with Crippen LogP contribution in [0.4, 0.5) is 0 Å². The molecule has 0 aliphatic carbocycles. The van der Waals surface area contributed by atoms with E-state index in [0.717, 1.165) is 21.6 Å². The summed E-state index contributed by atoms with van der Waals surface area (Å²) in [4.78, 5) is 19.0. The monoisotopic (exact) mass is 476 g/mol. The quantitative estimate of drug-likeness (QED) is 0.349. The van der Waals surface area contributed by atoms with Crippen LogP contribution in [0, 0.1) is 0 Å². The van der Waals surface area contributed by atoms with E-state index < -0.39 is 0 Å². The van der Waals surface area contributed by atoms with Crippen LogP contribution in [-0.4, -0.2) is 17.1 Å². The van der Waals surface area contributed by atoms with E-state index in [4.69, 9.17) is 32.9 Å². The Labute approximate surface area is 197 Å². The summed E-state index contributed by atoms with van der Waals surface area (Å²) in [7, 11) is 0. The summed E-state index contributed by atoms with van der Waals surface area (Å²) in [5.41, 5.74) is 3.07. The number of rotatable bonds is 7. The lowest BCUT2D eigenvalue weighted by atomic mass is 10.0. The number of nitrogens with zero attached hydrogens (tertiary/aromatic N) is 2. The van der Waals surface area contributed by atoms with Gasteiger partial charge in [-0.15, -0.1) is 0 Å². The minimum absolute atomic E-state index is 0.0296. The van der Waals surface area contributed by atoms with E-state index in [9.17, 15) is 4.79 Å². The second-order valence-corrected chi connectivity index (χ2v) is 9.36. The first-order valence-corrected chi connectivity index (χ1v) is 11.8. The number of ether oxygens (including phenoxy) is 1. The molecule has 0 spiro atoms. The highest BCUT2D eigenvalue weighted by atomic mass is 35.5. The molecule has 3 aromatic rings. The lowest BCUT2D eigenvalue weighted by Crippen LogP contribution is -2.23. The number of esters is 1. The predicted octanol–water partition coefficient (Wildman–Crippen LogP) is 6.87. The SMILES string of the molecule is CCOC(=O)c1sc(=NCc2ccc(Cl)cc2)n([C@H](C)c2ccc(Cl)cc2)c1C(C)C. The highest BCUT2D eigenvalue weighted by Gasteiger charge is 2.26. The Morgan fingerprint density at radius 1 is 1.03 bits per heavy atom. The molecular weight excluding hydrogens is 451 g/mol. The second kappa shape index (κ2) is 10.5. The van der Waals surface area contributed by atoms with E-state index >= 15 is 0 Å². The van der Waals surface area contributed by atoms with Gasteiger partial charge in [-0.3, -0.25) is 4.99 Å². The first kappa shape index (κ1) is 23.6. The van der Waals surface area contributed by atoms with Gasteiger partial charge >= 0.3 is 5.97 Å². The Kier molecular flexibility index (Phi) is 7.98. The Morgan fingerprint density at radius 2 is 1.61 bits per heavy atom. The van der Waals surface area contributed by atoms with Crippen molar-refractivity contribution in [1.82, 2.24) is 4.57 Å². The number of hydrogen-bond acceptors (Lipinski definition) is 4. The zero-order chi connectivity index (χ0) is 22.5. The third-order valence-corrected chi connectivity index (χ3v) is 6.54. The molecule has 0 amide bonds. The minimum atomic E-state index is -0.304. The zero-order valence-electron chi connectivity index (χ0n) is 18.1. The zero-order valence-corrected chi connectivity index (χ0v) is 20.4. The Morgan fingerprint density at radius 3 is 2.16 bits per heavy atom. The van der Waals surface area contributed by atoms with Crippen LogP contribution in [0.2, 0.25) is 10.0 Å². The molecule has 0 aliphatic heterocycles. The molecule has 2 aromatic carbocycles. The Bertz CT molecular complexity index is 1100. The Balaban J connectivity index is 2.16. The fourth-order valence-corrected chi connectivity index (χ4v) is 4.91. The average Bonchev–Trinajstić information content (AvgIpc) is 3.13. The number of benzene rings is 2. The maximum atomic E-state index is 12.8. The molecule has 1 atom stereocenters. The predicted molar refractivity (Wildman–Crippen MR) is 128 cm³/mol. The van der Waals surface area contributed by atoms with E-state index in [-0.39, 0.29) is 17.9 Å². The molecule has 1 heterocycles. The molecule has 1 aromatic heterocycles. The average molecular weight is 477 g/mol. The third-order valence-electron chi connectivity index (χ3n) is 4.95. The minimum Gasteiger partial charge on any atom is -0.462 e. The van der Waals surface area contributed by atoms with Crippen molar-refractivity contribution >= 4 is 40.5 Å². The van der Waals surface area contributed by atoms with Crippen LogP contribution in [0.25, 0.3) is 0 Å². The smallest absolute Gasteiger partial charge is 0.350 e. The van der Waals surface area contributed by atoms with Crippen molar-refractivity contribution in [3.05, 3.63) is 85.1 Å². The van der Waals surface area contributed by atoms with Gasteiger partial charge < -0.3 is 9.30 Å². The standard InChI is InChI=1S/C24H26Cl2N2O2S/c1-5-30-23(29)22-21(15(2)3)28(16(4)18-8-12-20(26)13-9-18)24(31-22)27-14-17-6-10-19(25)11-7-17/h6-13,15-16H,5,14H2,1-4H3/t16-/m1/s1. The van der Waals surface area contributed by atoms with E-state index in [2.05, 4.69) is 25.3 Å². The molecular formula is C24H26Cl2N2O2S. The number of hydrogen-bond donors (Lipinski definition) is 0. The molecule has 0 aliphatic rings. The molecule has 164 valence electrons. The van der Waals surface area contributed by atoms with E-state index in [1.807, 2.05) is 55.5 Å². The first-order chi connectivity index (χ1) is 14.8. The molecule has 31 heavy (non-hydrogen) atoms. The largest absolute Gasteiger partial charge is 0.462 e. The molecule has 4 nitrogen and oxygen atoms in total. The van der Waals surface area contributed by atoms with Crippen LogP contribution in [0.5, 0.6) is 0 Å². The van der Waals surface area contributed by atoms with E-state index in [1.54, 1.807) is 0 Å². The summed E-state index contributed by atoms with van der Waals surface area (Å²) < 4.78 is 7.50. The summed E-state index contributed by atoms with van der Waals surface area (Å²) in [5, 5.41) is 1.38. The molecule has 0 N–H and O–H groups in total. The molecule has 0 unspecified atom stereocenters. The number of carbonyl (C=O) groups is 1. The molecule has 0 radical (unpaired) electrons. The molecule has 3 rings (SSSR count). The summed E-state index contributed by atoms with van der Waals surface area (Å²) in [6.07, 6.45) is 0. The van der Waals surface area contributed by atoms with Crippen molar-refractivity contribution in [3.8, 4) is 0 Å². The van der Waals surface area contributed by atoms with Gasteiger partial charge in [0.25, 0.3) is 0 Å². The van der Waals surface area contributed by atoms with Crippen LogP contribution in [0.3, 0.4) is 0 Å².